The van der Waals surface area contributed by atoms with Gasteiger partial charge in [-0.1, -0.05) is 0 Å². The Morgan fingerprint density at radius 2 is 2.30 bits per heavy atom. The Labute approximate surface area is 122 Å². The summed E-state index contributed by atoms with van der Waals surface area (Å²) in [7, 11) is 1.51. The van der Waals surface area contributed by atoms with Crippen LogP contribution in [0, 0.1) is 0 Å². The zero-order chi connectivity index (χ0) is 15.0. The van der Waals surface area contributed by atoms with E-state index in [0.29, 0.717) is 6.61 Å². The number of methoxy groups -OCH3 is 1. The minimum atomic E-state index is -1.04. The summed E-state index contributed by atoms with van der Waals surface area (Å²) in [5.74, 6) is -1.04. The molecule has 1 aromatic rings. The molecule has 112 valence electrons. The SMILES string of the molecule is COCCN(CC(=O)O)C(=O)NC(C)Cc1ccsc1. The Hall–Kier alpha value is -1.60. The number of nitrogens with zero attached hydrogens (tertiary/aromatic N) is 1. The number of nitrogens with one attached hydrogen (secondary N) is 1. The van der Waals surface area contributed by atoms with Gasteiger partial charge < -0.3 is 20.1 Å². The minimum Gasteiger partial charge on any atom is -0.480 e. The van der Waals surface area contributed by atoms with Crippen molar-refractivity contribution in [2.75, 3.05) is 26.8 Å². The number of carboxylic acids is 1. The Kier molecular flexibility index (Phi) is 7.03. The lowest BCUT2D eigenvalue weighted by Crippen LogP contribution is -2.47. The monoisotopic (exact) mass is 300 g/mol. The quantitative estimate of drug-likeness (QED) is 0.761. The molecule has 20 heavy (non-hydrogen) atoms. The number of thiophene rings is 1. The summed E-state index contributed by atoms with van der Waals surface area (Å²) in [5.41, 5.74) is 1.16. The summed E-state index contributed by atoms with van der Waals surface area (Å²) in [6, 6.07) is 1.57. The second-order valence-electron chi connectivity index (χ2n) is 4.49. The highest BCUT2D eigenvalue weighted by Gasteiger charge is 2.18. The molecule has 2 N–H and O–H groups in total. The van der Waals surface area contributed by atoms with E-state index in [4.69, 9.17) is 9.84 Å². The van der Waals surface area contributed by atoms with Crippen molar-refractivity contribution in [3.05, 3.63) is 22.4 Å². The maximum atomic E-state index is 12.0. The number of carboxylic acid groups (broad SMARTS) is 1. The van der Waals surface area contributed by atoms with Gasteiger partial charge in [-0.3, -0.25) is 4.79 Å². The Balaban J connectivity index is 2.48. The van der Waals surface area contributed by atoms with E-state index in [1.165, 1.54) is 12.0 Å². The van der Waals surface area contributed by atoms with Crippen molar-refractivity contribution in [3.8, 4) is 0 Å². The number of hydrogen-bond acceptors (Lipinski definition) is 4. The van der Waals surface area contributed by atoms with E-state index in [9.17, 15) is 9.59 Å². The van der Waals surface area contributed by atoms with Crippen LogP contribution in [0.1, 0.15) is 12.5 Å². The summed E-state index contributed by atoms with van der Waals surface area (Å²) in [6.07, 6.45) is 0.723. The lowest BCUT2D eigenvalue weighted by molar-refractivity contribution is -0.137. The van der Waals surface area contributed by atoms with E-state index in [1.54, 1.807) is 11.3 Å². The Morgan fingerprint density at radius 1 is 1.55 bits per heavy atom. The van der Waals surface area contributed by atoms with Crippen LogP contribution in [-0.2, 0) is 16.0 Å². The molecule has 1 heterocycles. The predicted octanol–water partition coefficient (Wildman–Crippen LogP) is 1.42. The van der Waals surface area contributed by atoms with Crippen molar-refractivity contribution in [2.24, 2.45) is 0 Å². The van der Waals surface area contributed by atoms with Gasteiger partial charge in [0.15, 0.2) is 0 Å². The van der Waals surface area contributed by atoms with Crippen LogP contribution in [0.3, 0.4) is 0 Å². The van der Waals surface area contributed by atoms with Crippen LogP contribution in [-0.4, -0.2) is 54.9 Å². The second kappa shape index (κ2) is 8.55. The van der Waals surface area contributed by atoms with Gasteiger partial charge in [-0.2, -0.15) is 11.3 Å². The highest BCUT2D eigenvalue weighted by atomic mass is 32.1. The molecule has 0 aromatic carbocycles. The molecule has 0 spiro atoms. The van der Waals surface area contributed by atoms with E-state index in [2.05, 4.69) is 5.32 Å². The van der Waals surface area contributed by atoms with Crippen LogP contribution < -0.4 is 5.32 Å². The first-order chi connectivity index (χ1) is 9.52. The average molecular weight is 300 g/mol. The number of carbonyl (C=O) groups is 2. The Morgan fingerprint density at radius 3 is 2.85 bits per heavy atom. The Bertz CT molecular complexity index is 422. The van der Waals surface area contributed by atoms with Crippen molar-refractivity contribution < 1.29 is 19.4 Å². The number of ether oxygens (including phenoxy) is 1. The molecule has 2 amide bonds. The first-order valence-electron chi connectivity index (χ1n) is 6.30. The third-order valence-corrected chi connectivity index (χ3v) is 3.40. The van der Waals surface area contributed by atoms with Crippen LogP contribution in [0.15, 0.2) is 16.8 Å². The summed E-state index contributed by atoms with van der Waals surface area (Å²) in [4.78, 5) is 24.0. The third-order valence-electron chi connectivity index (χ3n) is 2.67. The van der Waals surface area contributed by atoms with Gasteiger partial charge in [-0.25, -0.2) is 4.79 Å². The van der Waals surface area contributed by atoms with Crippen molar-refractivity contribution in [3.63, 3.8) is 0 Å². The standard InChI is InChI=1S/C13H20N2O4S/c1-10(7-11-3-6-20-9-11)14-13(18)15(4-5-19-2)8-12(16)17/h3,6,9-10H,4-5,7-8H2,1-2H3,(H,14,18)(H,16,17). The van der Waals surface area contributed by atoms with Gasteiger partial charge in [-0.15, -0.1) is 0 Å². The van der Waals surface area contributed by atoms with Crippen LogP contribution in [0.4, 0.5) is 4.79 Å². The number of amides is 2. The molecule has 7 heteroatoms. The smallest absolute Gasteiger partial charge is 0.323 e. The average Bonchev–Trinajstić information content (AvgIpc) is 2.86. The molecule has 0 bridgehead atoms. The highest BCUT2D eigenvalue weighted by molar-refractivity contribution is 7.07. The summed E-state index contributed by atoms with van der Waals surface area (Å²) < 4.78 is 4.88. The van der Waals surface area contributed by atoms with E-state index >= 15 is 0 Å². The normalized spacial score (nSPS) is 11.9. The van der Waals surface area contributed by atoms with Gasteiger partial charge in [0.2, 0.25) is 0 Å². The van der Waals surface area contributed by atoms with Crippen molar-refractivity contribution in [1.29, 1.82) is 0 Å². The number of urea groups is 1. The minimum absolute atomic E-state index is 0.0593. The maximum absolute atomic E-state index is 12.0. The van der Waals surface area contributed by atoms with Crippen molar-refractivity contribution in [2.45, 2.75) is 19.4 Å². The molecule has 0 saturated heterocycles. The maximum Gasteiger partial charge on any atom is 0.323 e. The van der Waals surface area contributed by atoms with Crippen LogP contribution >= 0.6 is 11.3 Å². The lowest BCUT2D eigenvalue weighted by atomic mass is 10.1. The fourth-order valence-electron chi connectivity index (χ4n) is 1.73. The van der Waals surface area contributed by atoms with Gasteiger partial charge in [0.25, 0.3) is 0 Å². The molecule has 0 aliphatic rings. The second-order valence-corrected chi connectivity index (χ2v) is 5.27. The third kappa shape index (κ3) is 6.03. The number of rotatable bonds is 8. The number of aliphatic carboxylic acids is 1. The molecule has 1 aromatic heterocycles. The summed E-state index contributed by atoms with van der Waals surface area (Å²) in [5, 5.41) is 15.6. The van der Waals surface area contributed by atoms with Gasteiger partial charge in [0.1, 0.15) is 6.54 Å². The zero-order valence-electron chi connectivity index (χ0n) is 11.7. The highest BCUT2D eigenvalue weighted by Crippen LogP contribution is 2.08. The molecule has 0 saturated carbocycles. The molecule has 0 aliphatic carbocycles. The molecule has 0 aliphatic heterocycles. The van der Waals surface area contributed by atoms with Gasteiger partial charge in [0, 0.05) is 19.7 Å². The topological polar surface area (TPSA) is 78.9 Å². The van der Waals surface area contributed by atoms with Gasteiger partial charge in [0.05, 0.1) is 6.61 Å². The van der Waals surface area contributed by atoms with E-state index in [1.807, 2.05) is 23.8 Å². The molecular weight excluding hydrogens is 280 g/mol. The molecule has 6 nitrogen and oxygen atoms in total. The number of hydrogen-bond donors (Lipinski definition) is 2. The van der Waals surface area contributed by atoms with E-state index in [-0.39, 0.29) is 25.2 Å². The van der Waals surface area contributed by atoms with E-state index < -0.39 is 5.97 Å². The first kappa shape index (κ1) is 16.5. The molecular formula is C13H20N2O4S. The molecule has 1 atom stereocenters. The predicted molar refractivity (Wildman–Crippen MR) is 77.1 cm³/mol. The molecule has 0 radical (unpaired) electrons. The van der Waals surface area contributed by atoms with Gasteiger partial charge >= 0.3 is 12.0 Å². The largest absolute Gasteiger partial charge is 0.480 e. The van der Waals surface area contributed by atoms with Crippen LogP contribution in [0.2, 0.25) is 0 Å². The molecule has 1 unspecified atom stereocenters. The summed E-state index contributed by atoms with van der Waals surface area (Å²) in [6.45, 7) is 2.12. The fraction of sp³-hybridized carbons (Fsp3) is 0.538. The fourth-order valence-corrected chi connectivity index (χ4v) is 2.41. The van der Waals surface area contributed by atoms with Crippen LogP contribution in [0.5, 0.6) is 0 Å². The molecule has 1 rings (SSSR count). The lowest BCUT2D eigenvalue weighted by Gasteiger charge is -2.23. The first-order valence-corrected chi connectivity index (χ1v) is 7.24. The summed E-state index contributed by atoms with van der Waals surface area (Å²) >= 11 is 1.61. The molecule has 0 fully saturated rings. The number of carbonyl (C=O) groups excluding carboxylic acids is 1. The van der Waals surface area contributed by atoms with Crippen molar-refractivity contribution >= 4 is 23.3 Å². The van der Waals surface area contributed by atoms with E-state index in [0.717, 1.165) is 12.0 Å². The van der Waals surface area contributed by atoms with Crippen LogP contribution in [0.25, 0.3) is 0 Å². The van der Waals surface area contributed by atoms with Gasteiger partial charge in [-0.05, 0) is 35.7 Å². The van der Waals surface area contributed by atoms with Crippen molar-refractivity contribution in [1.82, 2.24) is 10.2 Å². The zero-order valence-corrected chi connectivity index (χ0v) is 12.5.